The SMILES string of the molecule is Cn1cc(S(=O)(=O)N2CCNCC2C#N)cn1. The lowest BCUT2D eigenvalue weighted by Crippen LogP contribution is -2.52. The van der Waals surface area contributed by atoms with Gasteiger partial charge in [0.25, 0.3) is 0 Å². The smallest absolute Gasteiger partial charge is 0.247 e. The zero-order chi connectivity index (χ0) is 12.5. The van der Waals surface area contributed by atoms with E-state index in [-0.39, 0.29) is 4.90 Å². The van der Waals surface area contributed by atoms with Gasteiger partial charge in [0.2, 0.25) is 10.0 Å². The van der Waals surface area contributed by atoms with E-state index in [9.17, 15) is 8.42 Å². The van der Waals surface area contributed by atoms with Crippen molar-refractivity contribution in [3.05, 3.63) is 12.4 Å². The Labute approximate surface area is 99.7 Å². The Morgan fingerprint density at radius 2 is 2.41 bits per heavy atom. The number of aromatic nitrogens is 2. The Hall–Kier alpha value is -1.43. The van der Waals surface area contributed by atoms with E-state index in [0.29, 0.717) is 19.6 Å². The lowest BCUT2D eigenvalue weighted by molar-refractivity contribution is 0.312. The number of hydrogen-bond acceptors (Lipinski definition) is 5. The molecule has 0 amide bonds. The van der Waals surface area contributed by atoms with E-state index >= 15 is 0 Å². The van der Waals surface area contributed by atoms with Crippen LogP contribution >= 0.6 is 0 Å². The quantitative estimate of drug-likeness (QED) is 0.725. The first kappa shape index (κ1) is 12.0. The maximum Gasteiger partial charge on any atom is 0.247 e. The first-order chi connectivity index (χ1) is 8.05. The molecule has 1 N–H and O–H groups in total. The van der Waals surface area contributed by atoms with E-state index in [0.717, 1.165) is 0 Å². The Bertz CT molecular complexity index is 544. The molecule has 2 heterocycles. The van der Waals surface area contributed by atoms with Gasteiger partial charge in [-0.3, -0.25) is 4.68 Å². The number of sulfonamides is 1. The van der Waals surface area contributed by atoms with Crippen LogP contribution in [0, 0.1) is 11.3 Å². The van der Waals surface area contributed by atoms with Gasteiger partial charge in [0.15, 0.2) is 0 Å². The molecule has 0 spiro atoms. The highest BCUT2D eigenvalue weighted by atomic mass is 32.2. The minimum atomic E-state index is -3.61. The zero-order valence-electron chi connectivity index (χ0n) is 9.37. The lowest BCUT2D eigenvalue weighted by Gasteiger charge is -2.30. The van der Waals surface area contributed by atoms with Gasteiger partial charge in [-0.1, -0.05) is 0 Å². The molecule has 0 aromatic carbocycles. The van der Waals surface area contributed by atoms with Gasteiger partial charge in [0, 0.05) is 32.9 Å². The first-order valence-corrected chi connectivity index (χ1v) is 6.60. The standard InChI is InChI=1S/C9H13N5O2S/c1-13-7-9(6-12-13)17(15,16)14-3-2-11-5-8(14)4-10/h6-8,11H,2-3,5H2,1H3. The molecule has 8 heteroatoms. The second-order valence-corrected chi connectivity index (χ2v) is 5.71. The van der Waals surface area contributed by atoms with Crippen LogP contribution in [0.1, 0.15) is 0 Å². The van der Waals surface area contributed by atoms with Crippen molar-refractivity contribution in [3.8, 4) is 6.07 Å². The second-order valence-electron chi connectivity index (χ2n) is 3.81. The van der Waals surface area contributed by atoms with Gasteiger partial charge < -0.3 is 5.32 Å². The summed E-state index contributed by atoms with van der Waals surface area (Å²) in [5.41, 5.74) is 0. The highest BCUT2D eigenvalue weighted by molar-refractivity contribution is 7.89. The average molecular weight is 255 g/mol. The number of nitrogens with one attached hydrogen (secondary N) is 1. The van der Waals surface area contributed by atoms with Gasteiger partial charge in [-0.25, -0.2) is 8.42 Å². The van der Waals surface area contributed by atoms with Crippen molar-refractivity contribution in [3.63, 3.8) is 0 Å². The lowest BCUT2D eigenvalue weighted by atomic mass is 10.3. The van der Waals surface area contributed by atoms with E-state index in [1.807, 2.05) is 6.07 Å². The Morgan fingerprint density at radius 3 is 3.00 bits per heavy atom. The predicted octanol–water partition coefficient (Wildman–Crippen LogP) is -1.09. The minimum Gasteiger partial charge on any atom is -0.313 e. The summed E-state index contributed by atoms with van der Waals surface area (Å²) in [4.78, 5) is 0.127. The van der Waals surface area contributed by atoms with Crippen molar-refractivity contribution in [2.24, 2.45) is 7.05 Å². The summed E-state index contributed by atoms with van der Waals surface area (Å²) in [6.45, 7) is 1.21. The summed E-state index contributed by atoms with van der Waals surface area (Å²) in [6, 6.07) is 1.34. The molecule has 1 saturated heterocycles. The molecule has 2 rings (SSSR count). The molecule has 1 atom stereocenters. The molecule has 0 aliphatic carbocycles. The fourth-order valence-electron chi connectivity index (χ4n) is 1.75. The van der Waals surface area contributed by atoms with Crippen molar-refractivity contribution in [1.29, 1.82) is 5.26 Å². The third-order valence-electron chi connectivity index (χ3n) is 2.63. The maximum atomic E-state index is 12.3. The van der Waals surface area contributed by atoms with E-state index in [4.69, 9.17) is 5.26 Å². The number of nitrogens with zero attached hydrogens (tertiary/aromatic N) is 4. The Kier molecular flexibility index (Phi) is 3.15. The number of rotatable bonds is 2. The van der Waals surface area contributed by atoms with Gasteiger partial charge in [0.05, 0.1) is 12.3 Å². The molecule has 1 aromatic rings. The van der Waals surface area contributed by atoms with Crippen molar-refractivity contribution in [1.82, 2.24) is 19.4 Å². The molecule has 0 bridgehead atoms. The highest BCUT2D eigenvalue weighted by Gasteiger charge is 2.34. The van der Waals surface area contributed by atoms with Crippen LogP contribution in [0.3, 0.4) is 0 Å². The van der Waals surface area contributed by atoms with Crippen molar-refractivity contribution < 1.29 is 8.42 Å². The molecule has 1 aliphatic rings. The first-order valence-electron chi connectivity index (χ1n) is 5.16. The van der Waals surface area contributed by atoms with Crippen LogP contribution in [0.4, 0.5) is 0 Å². The molecule has 0 radical (unpaired) electrons. The van der Waals surface area contributed by atoms with E-state index in [1.54, 1.807) is 7.05 Å². The molecule has 92 valence electrons. The maximum absolute atomic E-state index is 12.3. The van der Waals surface area contributed by atoms with Crippen LogP contribution in [0.5, 0.6) is 0 Å². The van der Waals surface area contributed by atoms with Gasteiger partial charge in [-0.05, 0) is 0 Å². The van der Waals surface area contributed by atoms with Gasteiger partial charge in [-0.15, -0.1) is 0 Å². The summed E-state index contributed by atoms with van der Waals surface area (Å²) in [6.07, 6.45) is 2.73. The van der Waals surface area contributed by atoms with Crippen LogP contribution in [-0.2, 0) is 17.1 Å². The fraction of sp³-hybridized carbons (Fsp3) is 0.556. The van der Waals surface area contributed by atoms with Crippen LogP contribution in [0.25, 0.3) is 0 Å². The van der Waals surface area contributed by atoms with Crippen LogP contribution in [0.2, 0.25) is 0 Å². The summed E-state index contributed by atoms with van der Waals surface area (Å²) >= 11 is 0. The third kappa shape index (κ3) is 2.17. The Balaban J connectivity index is 2.35. The summed E-state index contributed by atoms with van der Waals surface area (Å²) in [5, 5.41) is 15.8. The summed E-state index contributed by atoms with van der Waals surface area (Å²) in [7, 11) is -1.96. The van der Waals surface area contributed by atoms with Crippen molar-refractivity contribution >= 4 is 10.0 Å². The number of aryl methyl sites for hydroxylation is 1. The van der Waals surface area contributed by atoms with E-state index in [1.165, 1.54) is 21.4 Å². The minimum absolute atomic E-state index is 0.127. The molecular weight excluding hydrogens is 242 g/mol. The predicted molar refractivity (Wildman–Crippen MR) is 59.4 cm³/mol. The van der Waals surface area contributed by atoms with Crippen LogP contribution < -0.4 is 5.32 Å². The van der Waals surface area contributed by atoms with E-state index in [2.05, 4.69) is 10.4 Å². The monoisotopic (exact) mass is 255 g/mol. The number of hydrogen-bond donors (Lipinski definition) is 1. The largest absolute Gasteiger partial charge is 0.313 e. The Morgan fingerprint density at radius 1 is 1.65 bits per heavy atom. The van der Waals surface area contributed by atoms with E-state index < -0.39 is 16.1 Å². The van der Waals surface area contributed by atoms with Gasteiger partial charge >= 0.3 is 0 Å². The van der Waals surface area contributed by atoms with Gasteiger partial charge in [0.1, 0.15) is 10.9 Å². The van der Waals surface area contributed by atoms with Crippen molar-refractivity contribution in [2.75, 3.05) is 19.6 Å². The molecule has 1 aromatic heterocycles. The molecule has 0 saturated carbocycles. The van der Waals surface area contributed by atoms with Crippen molar-refractivity contribution in [2.45, 2.75) is 10.9 Å². The van der Waals surface area contributed by atoms with Gasteiger partial charge in [-0.2, -0.15) is 14.7 Å². The highest BCUT2D eigenvalue weighted by Crippen LogP contribution is 2.18. The topological polar surface area (TPSA) is 91.0 Å². The normalized spacial score (nSPS) is 22.2. The average Bonchev–Trinajstić information content (AvgIpc) is 2.76. The van der Waals surface area contributed by atoms with Crippen LogP contribution in [-0.4, -0.2) is 48.2 Å². The van der Waals surface area contributed by atoms with Crippen LogP contribution in [0.15, 0.2) is 17.3 Å². The molecular formula is C9H13N5O2S. The zero-order valence-corrected chi connectivity index (χ0v) is 10.2. The molecule has 1 aliphatic heterocycles. The molecule has 7 nitrogen and oxygen atoms in total. The summed E-state index contributed by atoms with van der Waals surface area (Å²) in [5.74, 6) is 0. The second kappa shape index (κ2) is 4.44. The third-order valence-corrected chi connectivity index (χ3v) is 4.49. The molecule has 1 fully saturated rings. The molecule has 1 unspecified atom stereocenters. The fourth-order valence-corrected chi connectivity index (χ4v) is 3.28. The number of nitriles is 1. The molecule has 17 heavy (non-hydrogen) atoms. The number of piperazine rings is 1. The summed E-state index contributed by atoms with van der Waals surface area (Å²) < 4.78 is 27.2.